The average Bonchev–Trinajstić information content (AvgIpc) is 2.26. The van der Waals surface area contributed by atoms with Crippen LogP contribution in [0.3, 0.4) is 0 Å². The lowest BCUT2D eigenvalue weighted by atomic mass is 10.1. The van der Waals surface area contributed by atoms with Crippen molar-refractivity contribution >= 4 is 17.6 Å². The lowest BCUT2D eigenvalue weighted by Crippen LogP contribution is -2.16. The number of nitrogens with two attached hydrogens (primary N) is 1. The molecule has 0 aliphatic heterocycles. The van der Waals surface area contributed by atoms with Gasteiger partial charge in [0.2, 0.25) is 5.75 Å². The number of hydrogen-bond acceptors (Lipinski definition) is 6. The van der Waals surface area contributed by atoms with Gasteiger partial charge in [0.1, 0.15) is 5.56 Å². The van der Waals surface area contributed by atoms with E-state index >= 15 is 0 Å². The van der Waals surface area contributed by atoms with Crippen molar-refractivity contribution in [3.63, 3.8) is 0 Å². The van der Waals surface area contributed by atoms with Crippen molar-refractivity contribution in [1.29, 1.82) is 0 Å². The van der Waals surface area contributed by atoms with Crippen molar-refractivity contribution < 1.29 is 24.4 Å². The molecule has 0 bridgehead atoms. The van der Waals surface area contributed by atoms with Gasteiger partial charge in [-0.05, 0) is 12.1 Å². The highest BCUT2D eigenvalue weighted by molar-refractivity contribution is 6.02. The fraction of sp³-hybridized carbons (Fsp3) is 0.111. The highest BCUT2D eigenvalue weighted by atomic mass is 16.7. The molecule has 1 aromatic rings. The largest absolute Gasteiger partial charge is 0.511 e. The molecule has 0 aromatic heterocycles. The van der Waals surface area contributed by atoms with Crippen LogP contribution in [0.25, 0.3) is 0 Å². The summed E-state index contributed by atoms with van der Waals surface area (Å²) in [5.74, 6) is -1.19. The van der Waals surface area contributed by atoms with E-state index in [4.69, 9.17) is 10.8 Å². The van der Waals surface area contributed by atoms with Crippen molar-refractivity contribution in [3.05, 3.63) is 33.9 Å². The number of ether oxygens (including phenoxy) is 1. The number of nitrogens with zero attached hydrogens (tertiary/aromatic N) is 1. The predicted octanol–water partition coefficient (Wildman–Crippen LogP) is 0.793. The van der Waals surface area contributed by atoms with Gasteiger partial charge in [0.15, 0.2) is 5.78 Å². The monoisotopic (exact) mass is 240 g/mol. The van der Waals surface area contributed by atoms with Crippen LogP contribution < -0.4 is 10.5 Å². The zero-order valence-corrected chi connectivity index (χ0v) is 8.45. The maximum atomic E-state index is 11.3. The number of Topliss-reactive ketones (excluding diaryl/α,β-unsaturated/α-hetero) is 1. The highest BCUT2D eigenvalue weighted by Crippen LogP contribution is 2.31. The van der Waals surface area contributed by atoms with Crippen LogP contribution in [0.5, 0.6) is 5.75 Å². The first-order valence-electron chi connectivity index (χ1n) is 4.38. The molecule has 0 heterocycles. The molecule has 0 spiro atoms. The van der Waals surface area contributed by atoms with Crippen LogP contribution in [0, 0.1) is 10.1 Å². The third kappa shape index (κ3) is 2.75. The summed E-state index contributed by atoms with van der Waals surface area (Å²) >= 11 is 0. The first kappa shape index (κ1) is 12.6. The molecule has 17 heavy (non-hydrogen) atoms. The van der Waals surface area contributed by atoms with Crippen LogP contribution in [-0.2, 0) is 0 Å². The molecule has 0 amide bonds. The van der Waals surface area contributed by atoms with Crippen molar-refractivity contribution in [2.24, 2.45) is 5.73 Å². The van der Waals surface area contributed by atoms with Gasteiger partial charge in [0, 0.05) is 0 Å². The number of nitro benzene ring substituents is 1. The molecule has 8 nitrogen and oxygen atoms in total. The minimum atomic E-state index is -1.70. The van der Waals surface area contributed by atoms with Gasteiger partial charge >= 0.3 is 11.8 Å². The number of nitro groups is 1. The first-order valence-corrected chi connectivity index (χ1v) is 4.38. The summed E-state index contributed by atoms with van der Waals surface area (Å²) in [6, 6.07) is 3.54. The fourth-order valence-corrected chi connectivity index (χ4v) is 1.22. The molecule has 0 fully saturated rings. The smallest absolute Gasteiger partial charge is 0.449 e. The number of hydrogen-bond donors (Lipinski definition) is 2. The molecule has 0 saturated heterocycles. The molecule has 0 unspecified atom stereocenters. The van der Waals surface area contributed by atoms with E-state index in [9.17, 15) is 19.7 Å². The molecular weight excluding hydrogens is 232 g/mol. The van der Waals surface area contributed by atoms with Crippen LogP contribution in [0.15, 0.2) is 18.2 Å². The summed E-state index contributed by atoms with van der Waals surface area (Å²) in [4.78, 5) is 31.6. The Kier molecular flexibility index (Phi) is 3.73. The Morgan fingerprint density at radius 3 is 2.59 bits per heavy atom. The van der Waals surface area contributed by atoms with E-state index < -0.39 is 34.8 Å². The van der Waals surface area contributed by atoms with Crippen molar-refractivity contribution in [2.45, 2.75) is 0 Å². The Morgan fingerprint density at radius 2 is 2.12 bits per heavy atom. The molecule has 0 atom stereocenters. The number of para-hydroxylation sites is 1. The highest BCUT2D eigenvalue weighted by Gasteiger charge is 2.26. The summed E-state index contributed by atoms with van der Waals surface area (Å²) in [5, 5.41) is 19.2. The Hall–Kier alpha value is -2.48. The first-order chi connectivity index (χ1) is 7.97. The number of rotatable bonds is 4. The molecule has 1 aromatic carbocycles. The molecule has 3 N–H and O–H groups in total. The molecule has 0 aliphatic rings. The Bertz CT molecular complexity index is 484. The van der Waals surface area contributed by atoms with Gasteiger partial charge in [-0.3, -0.25) is 14.9 Å². The van der Waals surface area contributed by atoms with Crippen LogP contribution in [-0.4, -0.2) is 28.5 Å². The van der Waals surface area contributed by atoms with Gasteiger partial charge in [-0.1, -0.05) is 6.07 Å². The van der Waals surface area contributed by atoms with Crippen molar-refractivity contribution in [1.82, 2.24) is 0 Å². The maximum Gasteiger partial charge on any atom is 0.511 e. The van der Waals surface area contributed by atoms with Crippen LogP contribution in [0.4, 0.5) is 10.5 Å². The summed E-state index contributed by atoms with van der Waals surface area (Å²) in [6.07, 6.45) is -1.70. The molecule has 0 radical (unpaired) electrons. The molecule has 0 saturated carbocycles. The third-order valence-corrected chi connectivity index (χ3v) is 1.86. The van der Waals surface area contributed by atoms with Crippen molar-refractivity contribution in [3.8, 4) is 5.75 Å². The SMILES string of the molecule is NCC(=O)c1cccc(OC(=O)O)c1[N+](=O)[O-]. The van der Waals surface area contributed by atoms with Crippen LogP contribution in [0.1, 0.15) is 10.4 Å². The Balaban J connectivity index is 3.36. The van der Waals surface area contributed by atoms with Gasteiger partial charge in [-0.25, -0.2) is 4.79 Å². The van der Waals surface area contributed by atoms with Crippen molar-refractivity contribution in [2.75, 3.05) is 6.54 Å². The molecule has 90 valence electrons. The minimum absolute atomic E-state index is 0.281. The molecule has 1 rings (SSSR count). The number of benzene rings is 1. The lowest BCUT2D eigenvalue weighted by molar-refractivity contribution is -0.385. The van der Waals surface area contributed by atoms with E-state index in [0.29, 0.717) is 0 Å². The fourth-order valence-electron chi connectivity index (χ4n) is 1.22. The van der Waals surface area contributed by atoms with E-state index in [1.54, 1.807) is 0 Å². The van der Waals surface area contributed by atoms with E-state index in [1.807, 2.05) is 0 Å². The Morgan fingerprint density at radius 1 is 1.47 bits per heavy atom. The summed E-state index contributed by atoms with van der Waals surface area (Å²) in [7, 11) is 0. The standard InChI is InChI=1S/C9H8N2O6/c10-4-6(12)5-2-1-3-7(17-9(13)14)8(5)11(15)16/h1-3H,4,10H2,(H,13,14). The molecule has 0 aliphatic carbocycles. The van der Waals surface area contributed by atoms with E-state index in [2.05, 4.69) is 4.74 Å². The topological polar surface area (TPSA) is 133 Å². The van der Waals surface area contributed by atoms with E-state index in [1.165, 1.54) is 12.1 Å². The number of ketones is 1. The quantitative estimate of drug-likeness (QED) is 0.261. The average molecular weight is 240 g/mol. The van der Waals surface area contributed by atoms with Gasteiger partial charge in [0.25, 0.3) is 0 Å². The molecular formula is C9H8N2O6. The van der Waals surface area contributed by atoms with Gasteiger partial charge in [0.05, 0.1) is 11.5 Å². The van der Waals surface area contributed by atoms with E-state index in [0.717, 1.165) is 6.07 Å². The van der Waals surface area contributed by atoms with E-state index in [-0.39, 0.29) is 5.56 Å². The third-order valence-electron chi connectivity index (χ3n) is 1.86. The lowest BCUT2D eigenvalue weighted by Gasteiger charge is -2.04. The zero-order chi connectivity index (χ0) is 13.0. The van der Waals surface area contributed by atoms with Gasteiger partial charge in [-0.15, -0.1) is 0 Å². The summed E-state index contributed by atoms with van der Waals surface area (Å²) < 4.78 is 4.22. The van der Waals surface area contributed by atoms with Gasteiger partial charge in [-0.2, -0.15) is 0 Å². The summed E-state index contributed by atoms with van der Waals surface area (Å²) in [6.45, 7) is -0.419. The molecule has 8 heteroatoms. The van der Waals surface area contributed by atoms with Crippen LogP contribution in [0.2, 0.25) is 0 Å². The number of carbonyl (C=O) groups is 2. The maximum absolute atomic E-state index is 11.3. The second-order valence-corrected chi connectivity index (χ2v) is 2.90. The predicted molar refractivity (Wildman–Crippen MR) is 55.1 cm³/mol. The number of carbonyl (C=O) groups excluding carboxylic acids is 1. The second-order valence-electron chi connectivity index (χ2n) is 2.90. The second kappa shape index (κ2) is 5.03. The summed E-state index contributed by atoms with van der Waals surface area (Å²) in [5.41, 5.74) is 4.11. The number of carboxylic acid groups (broad SMARTS) is 1. The van der Waals surface area contributed by atoms with Crippen LogP contribution >= 0.6 is 0 Å². The zero-order valence-electron chi connectivity index (χ0n) is 8.45. The normalized spacial score (nSPS) is 9.71. The van der Waals surface area contributed by atoms with Gasteiger partial charge < -0.3 is 15.6 Å². The minimum Gasteiger partial charge on any atom is -0.449 e. The Labute approximate surface area is 94.7 Å².